The number of alkyl halides is 3. The van der Waals surface area contributed by atoms with E-state index in [0.717, 1.165) is 20.1 Å². The molecule has 0 spiro atoms. The van der Waals surface area contributed by atoms with Crippen LogP contribution in [-0.2, 0) is 12.7 Å². The van der Waals surface area contributed by atoms with E-state index in [1.165, 1.54) is 11.3 Å². The van der Waals surface area contributed by atoms with E-state index in [1.54, 1.807) is 13.0 Å². The van der Waals surface area contributed by atoms with Gasteiger partial charge in [0.1, 0.15) is 10.8 Å². The molecule has 0 aliphatic rings. The average molecular weight is 342 g/mol. The van der Waals surface area contributed by atoms with Crippen molar-refractivity contribution >= 4 is 22.9 Å². The Labute approximate surface area is 133 Å². The molecule has 0 aromatic carbocycles. The summed E-state index contributed by atoms with van der Waals surface area (Å²) < 4.78 is 39.3. The van der Waals surface area contributed by atoms with Gasteiger partial charge in [-0.25, -0.2) is 9.97 Å². The van der Waals surface area contributed by atoms with Crippen LogP contribution < -0.4 is 5.32 Å². The molecule has 0 atom stereocenters. The van der Waals surface area contributed by atoms with Gasteiger partial charge in [0.15, 0.2) is 0 Å². The van der Waals surface area contributed by atoms with Gasteiger partial charge in [-0.15, -0.1) is 16.4 Å². The number of halogens is 3. The van der Waals surface area contributed by atoms with Crippen molar-refractivity contribution in [1.29, 1.82) is 0 Å². The van der Waals surface area contributed by atoms with E-state index in [0.29, 0.717) is 18.1 Å². The molecule has 3 heterocycles. The lowest BCUT2D eigenvalue weighted by atomic mass is 10.4. The van der Waals surface area contributed by atoms with Gasteiger partial charge in [-0.1, -0.05) is 0 Å². The van der Waals surface area contributed by atoms with E-state index in [4.69, 9.17) is 0 Å². The van der Waals surface area contributed by atoms with Crippen LogP contribution in [0.2, 0.25) is 0 Å². The molecule has 0 bridgehead atoms. The quantitative estimate of drug-likeness (QED) is 0.792. The summed E-state index contributed by atoms with van der Waals surface area (Å²) in [5.74, 6) is -0.910. The van der Waals surface area contributed by atoms with Crippen LogP contribution in [0.1, 0.15) is 27.1 Å². The van der Waals surface area contributed by atoms with E-state index >= 15 is 0 Å². The van der Waals surface area contributed by atoms with Gasteiger partial charge in [-0.2, -0.15) is 22.7 Å². The van der Waals surface area contributed by atoms with Gasteiger partial charge in [0.25, 0.3) is 11.6 Å². The second-order valence-corrected chi connectivity index (χ2v) is 6.32. The fourth-order valence-electron chi connectivity index (χ4n) is 2.01. The Morgan fingerprint density at radius 3 is 2.52 bits per heavy atom. The number of nitrogens with one attached hydrogen (secondary N) is 1. The predicted octanol–water partition coefficient (Wildman–Crippen LogP) is 3.14. The van der Waals surface area contributed by atoms with Crippen LogP contribution in [0.25, 0.3) is 5.78 Å². The van der Waals surface area contributed by atoms with E-state index < -0.39 is 12.0 Å². The number of hydrogen-bond acceptors (Lipinski definition) is 6. The zero-order valence-electron chi connectivity index (χ0n) is 12.6. The fourth-order valence-corrected chi connectivity index (χ4v) is 2.89. The summed E-state index contributed by atoms with van der Waals surface area (Å²) in [5.41, 5.74) is 1.50. The summed E-state index contributed by atoms with van der Waals surface area (Å²) in [5, 5.41) is 7.40. The van der Waals surface area contributed by atoms with Crippen LogP contribution >= 0.6 is 11.3 Å². The number of hydrogen-bond donors (Lipinski definition) is 1. The summed E-state index contributed by atoms with van der Waals surface area (Å²) in [6.07, 6.45) is -4.61. The van der Waals surface area contributed by atoms with Gasteiger partial charge in [0.2, 0.25) is 0 Å². The highest BCUT2D eigenvalue weighted by molar-refractivity contribution is 7.11. The Morgan fingerprint density at radius 1 is 1.17 bits per heavy atom. The molecule has 122 valence electrons. The fraction of sp³-hybridized carbons (Fsp3) is 0.385. The molecule has 0 aliphatic heterocycles. The molecule has 0 saturated carbocycles. The van der Waals surface area contributed by atoms with Crippen molar-refractivity contribution in [2.24, 2.45) is 0 Å². The standard InChI is InChI=1S/C13H13F3N6S/c1-6-4-9(17-5-10-19-7(2)8(3)23-10)22-12(18-6)20-11(21-22)13(14,15)16/h4,17H,5H2,1-3H3. The number of fused-ring (bicyclic) bond motifs is 1. The SMILES string of the molecule is Cc1cc(NCc2nc(C)c(C)s2)n2nc(C(F)(F)F)nc2n1. The van der Waals surface area contributed by atoms with E-state index in [-0.39, 0.29) is 5.78 Å². The van der Waals surface area contributed by atoms with Crippen LogP contribution in [0.15, 0.2) is 6.07 Å². The lowest BCUT2D eigenvalue weighted by molar-refractivity contribution is -0.144. The molecular formula is C13H13F3N6S. The number of aromatic nitrogens is 5. The van der Waals surface area contributed by atoms with Crippen molar-refractivity contribution in [2.45, 2.75) is 33.5 Å². The molecule has 23 heavy (non-hydrogen) atoms. The Morgan fingerprint density at radius 2 is 1.91 bits per heavy atom. The predicted molar refractivity (Wildman–Crippen MR) is 79.4 cm³/mol. The minimum Gasteiger partial charge on any atom is -0.363 e. The van der Waals surface area contributed by atoms with Crippen LogP contribution in [0.3, 0.4) is 0 Å². The highest BCUT2D eigenvalue weighted by Crippen LogP contribution is 2.27. The molecule has 6 nitrogen and oxygen atoms in total. The Bertz CT molecular complexity index is 847. The molecule has 3 aromatic rings. The third-order valence-electron chi connectivity index (χ3n) is 3.19. The zero-order valence-corrected chi connectivity index (χ0v) is 13.4. The first kappa shape index (κ1) is 15.7. The molecule has 3 aromatic heterocycles. The van der Waals surface area contributed by atoms with Crippen LogP contribution in [0.4, 0.5) is 19.0 Å². The highest BCUT2D eigenvalue weighted by atomic mass is 32.1. The van der Waals surface area contributed by atoms with Crippen molar-refractivity contribution in [3.8, 4) is 0 Å². The second-order valence-electron chi connectivity index (χ2n) is 5.03. The van der Waals surface area contributed by atoms with Crippen molar-refractivity contribution < 1.29 is 13.2 Å². The topological polar surface area (TPSA) is 68.0 Å². The summed E-state index contributed by atoms with van der Waals surface area (Å²) >= 11 is 1.54. The first-order valence-corrected chi connectivity index (χ1v) is 7.54. The normalized spacial score (nSPS) is 12.1. The van der Waals surface area contributed by atoms with Crippen LogP contribution in [0, 0.1) is 20.8 Å². The first-order valence-electron chi connectivity index (χ1n) is 6.72. The molecule has 0 aliphatic carbocycles. The summed E-state index contributed by atoms with van der Waals surface area (Å²) in [6, 6.07) is 1.62. The molecule has 0 fully saturated rings. The Hall–Kier alpha value is -2.23. The van der Waals surface area contributed by atoms with E-state index in [1.807, 2.05) is 13.8 Å². The maximum atomic E-state index is 12.8. The monoisotopic (exact) mass is 342 g/mol. The molecule has 0 radical (unpaired) electrons. The van der Waals surface area contributed by atoms with Gasteiger partial charge in [-0.05, 0) is 20.8 Å². The Kier molecular flexibility index (Phi) is 3.71. The Balaban J connectivity index is 1.94. The summed E-state index contributed by atoms with van der Waals surface area (Å²) in [4.78, 5) is 12.9. The molecule has 0 amide bonds. The molecular weight excluding hydrogens is 329 g/mol. The van der Waals surface area contributed by atoms with Crippen LogP contribution in [-0.4, -0.2) is 24.6 Å². The van der Waals surface area contributed by atoms with Gasteiger partial charge in [0, 0.05) is 16.6 Å². The maximum absolute atomic E-state index is 12.8. The van der Waals surface area contributed by atoms with Crippen LogP contribution in [0.5, 0.6) is 0 Å². The summed E-state index contributed by atoms with van der Waals surface area (Å²) in [7, 11) is 0. The van der Waals surface area contributed by atoms with Gasteiger partial charge in [-0.3, -0.25) is 0 Å². The lowest BCUT2D eigenvalue weighted by Crippen LogP contribution is -2.09. The smallest absolute Gasteiger partial charge is 0.363 e. The first-order chi connectivity index (χ1) is 10.7. The second kappa shape index (κ2) is 5.44. The van der Waals surface area contributed by atoms with Gasteiger partial charge in [0.05, 0.1) is 12.2 Å². The minimum absolute atomic E-state index is 0.0914. The van der Waals surface area contributed by atoms with Crippen molar-refractivity contribution in [2.75, 3.05) is 5.32 Å². The zero-order chi connectivity index (χ0) is 16.8. The number of thiazole rings is 1. The van der Waals surface area contributed by atoms with E-state index in [2.05, 4.69) is 25.4 Å². The largest absolute Gasteiger partial charge is 0.453 e. The molecule has 1 N–H and O–H groups in total. The van der Waals surface area contributed by atoms with Gasteiger partial charge < -0.3 is 5.32 Å². The maximum Gasteiger partial charge on any atom is 0.453 e. The van der Waals surface area contributed by atoms with E-state index in [9.17, 15) is 13.2 Å². The summed E-state index contributed by atoms with van der Waals surface area (Å²) in [6.45, 7) is 5.96. The molecule has 0 unspecified atom stereocenters. The van der Waals surface area contributed by atoms with Gasteiger partial charge >= 0.3 is 6.18 Å². The number of rotatable bonds is 3. The highest BCUT2D eigenvalue weighted by Gasteiger charge is 2.36. The average Bonchev–Trinajstić information content (AvgIpc) is 3.00. The van der Waals surface area contributed by atoms with Crippen molar-refractivity contribution in [3.05, 3.63) is 33.2 Å². The van der Waals surface area contributed by atoms with Crippen molar-refractivity contribution in [1.82, 2.24) is 24.6 Å². The lowest BCUT2D eigenvalue weighted by Gasteiger charge is -2.06. The number of nitrogens with zero attached hydrogens (tertiary/aromatic N) is 5. The van der Waals surface area contributed by atoms with Crippen molar-refractivity contribution in [3.63, 3.8) is 0 Å². The third kappa shape index (κ3) is 3.11. The molecule has 3 rings (SSSR count). The molecule has 10 heteroatoms. The number of anilines is 1. The number of aryl methyl sites for hydroxylation is 3. The third-order valence-corrected chi connectivity index (χ3v) is 4.26. The minimum atomic E-state index is -4.61. The molecule has 0 saturated heterocycles.